The van der Waals surface area contributed by atoms with Gasteiger partial charge in [0.15, 0.2) is 0 Å². The molecule has 2 heteroatoms. The third kappa shape index (κ3) is 2.10. The summed E-state index contributed by atoms with van der Waals surface area (Å²) in [4.78, 5) is 0. The topological polar surface area (TPSA) is 12.4 Å². The Labute approximate surface area is 27.2 Å². The third-order valence-electron chi connectivity index (χ3n) is 0.141. The van der Waals surface area contributed by atoms with E-state index in [1.807, 2.05) is 0 Å². The first-order valence-corrected chi connectivity index (χ1v) is 2.00. The molecule has 0 N–H and O–H groups in total. The van der Waals surface area contributed by atoms with Gasteiger partial charge >= 0.3 is 26.1 Å². The maximum absolute atomic E-state index is 3.60. The summed E-state index contributed by atoms with van der Waals surface area (Å²) in [5.41, 5.74) is 0. The third-order valence-corrected chi connectivity index (χ3v) is 0.424. The molecule has 0 bridgehead atoms. The van der Waals surface area contributed by atoms with Crippen LogP contribution < -0.4 is 0 Å². The summed E-state index contributed by atoms with van der Waals surface area (Å²) in [6.45, 7) is 0. The van der Waals surface area contributed by atoms with Gasteiger partial charge in [-0.3, -0.25) is 0 Å². The van der Waals surface area contributed by atoms with E-state index < -0.39 is 0 Å². The molecule has 0 amide bonds. The fraction of sp³-hybridized carbons (Fsp3) is 0.500. The molecule has 0 aromatic heterocycles. The van der Waals surface area contributed by atoms with Gasteiger partial charge in [0.05, 0.1) is 0 Å². The van der Waals surface area contributed by atoms with Crippen LogP contribution >= 0.6 is 8.00 Å². The minimum absolute atomic E-state index is 0.873. The molecule has 0 spiro atoms. The Kier molecular flexibility index (Phi) is 3.18. The van der Waals surface area contributed by atoms with E-state index in [4.69, 9.17) is 0 Å². The Morgan fingerprint density at radius 1 is 2.00 bits per heavy atom. The van der Waals surface area contributed by atoms with Gasteiger partial charge in [0.1, 0.15) is 0 Å². The maximum atomic E-state index is 3.60. The Bertz CT molecular complexity index is 44.0. The van der Waals surface area contributed by atoms with Crippen LogP contribution in [-0.2, 0) is 0 Å². The summed E-state index contributed by atoms with van der Waals surface area (Å²) in [5, 5.41) is 0. The van der Waals surface area contributed by atoms with Gasteiger partial charge in [-0.1, -0.05) is 0 Å². The summed E-state index contributed by atoms with van der Waals surface area (Å²) < 4.78 is 3.60. The van der Waals surface area contributed by atoms with Crippen LogP contribution in [0.5, 0.6) is 0 Å². The van der Waals surface area contributed by atoms with Crippen molar-refractivity contribution < 1.29 is 0 Å². The number of hydrogen-bond acceptors (Lipinski definition) is 1. The van der Waals surface area contributed by atoms with E-state index in [1.54, 1.807) is 7.05 Å². The first-order valence-electron chi connectivity index (χ1n) is 0.963. The summed E-state index contributed by atoms with van der Waals surface area (Å²) in [5.74, 6) is 0. The normalized spacial score (nSPS) is 5.25. The molecule has 0 fully saturated rings. The average molecular weight is 74.0 g/mol. The zero-order chi connectivity index (χ0) is 3.41. The Hall–Kier alpha value is 0.100. The molecule has 0 aromatic carbocycles. The van der Waals surface area contributed by atoms with Crippen LogP contribution in [0.3, 0.4) is 0 Å². The van der Waals surface area contributed by atoms with Crippen molar-refractivity contribution in [1.82, 2.24) is 0 Å². The number of hydrogen-bond donors (Lipinski definition) is 0. The van der Waals surface area contributed by atoms with Gasteiger partial charge < -0.3 is 0 Å². The Balaban J connectivity index is 3.11. The van der Waals surface area contributed by atoms with Gasteiger partial charge in [0.2, 0.25) is 0 Å². The molecule has 1 nitrogen and oxygen atoms in total. The predicted octanol–water partition coefficient (Wildman–Crippen LogP) is 1.18. The second-order valence-electron chi connectivity index (χ2n) is 0.341. The molecule has 4 heavy (non-hydrogen) atoms. The van der Waals surface area contributed by atoms with Crippen molar-refractivity contribution >= 4 is 14.3 Å². The van der Waals surface area contributed by atoms with Crippen molar-refractivity contribution in [1.29, 1.82) is 0 Å². The van der Waals surface area contributed by atoms with Gasteiger partial charge in [-0.25, -0.2) is 0 Å². The fourth-order valence-electron chi connectivity index (χ4n) is 0. The molecule has 0 saturated carbocycles. The minimum atomic E-state index is 0.873. The van der Waals surface area contributed by atoms with Gasteiger partial charge in [0, 0.05) is 0 Å². The van der Waals surface area contributed by atoms with E-state index >= 15 is 0 Å². The van der Waals surface area contributed by atoms with E-state index in [-0.39, 0.29) is 0 Å². The van der Waals surface area contributed by atoms with Crippen molar-refractivity contribution in [3.63, 3.8) is 0 Å². The van der Waals surface area contributed by atoms with Crippen LogP contribution in [0, 0.1) is 0 Å². The molecule has 0 aliphatic rings. The van der Waals surface area contributed by atoms with Crippen LogP contribution in [0.1, 0.15) is 0 Å². The first kappa shape index (κ1) is 4.10. The molecule has 22 valence electrons. The van der Waals surface area contributed by atoms with Crippen molar-refractivity contribution in [3.05, 3.63) is 0 Å². The zero-order valence-electron chi connectivity index (χ0n) is 2.60. The van der Waals surface area contributed by atoms with Crippen LogP contribution in [0.15, 0.2) is 4.74 Å². The Morgan fingerprint density at radius 2 is 2.25 bits per heavy atom. The number of rotatable bonds is 0. The average Bonchev–Trinajstić information content (AvgIpc) is 1.37. The summed E-state index contributed by atoms with van der Waals surface area (Å²) >= 11 is 0. The van der Waals surface area contributed by atoms with Gasteiger partial charge in [-0.2, -0.15) is 0 Å². The molecule has 0 aromatic rings. The van der Waals surface area contributed by atoms with Crippen molar-refractivity contribution in [2.45, 2.75) is 0 Å². The van der Waals surface area contributed by atoms with Crippen LogP contribution in [0.4, 0.5) is 0 Å². The molecule has 0 aliphatic carbocycles. The van der Waals surface area contributed by atoms with Crippen LogP contribution in [-0.4, -0.2) is 13.3 Å². The van der Waals surface area contributed by atoms with E-state index in [1.165, 1.54) is 0 Å². The van der Waals surface area contributed by atoms with Gasteiger partial charge in [-0.15, -0.1) is 0 Å². The van der Waals surface area contributed by atoms with Crippen LogP contribution in [0.2, 0.25) is 0 Å². The standard InChI is InChI=1S/C2H5NP/c1-3-4-2/h2H2,1H3/q+1. The first-order chi connectivity index (χ1) is 1.91. The van der Waals surface area contributed by atoms with Gasteiger partial charge in [-0.05, 0) is 0 Å². The molecular weight excluding hydrogens is 69.0 g/mol. The molecule has 0 unspecified atom stereocenters. The molecule has 0 aliphatic heterocycles. The quantitative estimate of drug-likeness (QED) is 0.382. The molecule has 0 rings (SSSR count). The molecule has 0 heterocycles. The van der Waals surface area contributed by atoms with E-state index in [0.717, 1.165) is 8.00 Å². The fourth-order valence-corrected chi connectivity index (χ4v) is 0. The SMILES string of the molecule is C=[P+]=NC. The molecule has 0 radical (unpaired) electrons. The number of nitrogens with zero attached hydrogens (tertiary/aromatic N) is 1. The summed E-state index contributed by atoms with van der Waals surface area (Å²) in [7, 11) is 2.60. The molecule has 0 saturated heterocycles. The second-order valence-corrected chi connectivity index (χ2v) is 1.02. The van der Waals surface area contributed by atoms with Crippen LogP contribution in [0.25, 0.3) is 0 Å². The van der Waals surface area contributed by atoms with Gasteiger partial charge in [0.25, 0.3) is 0 Å². The van der Waals surface area contributed by atoms with E-state index in [0.29, 0.717) is 0 Å². The van der Waals surface area contributed by atoms with E-state index in [2.05, 4.69) is 11.0 Å². The summed E-state index contributed by atoms with van der Waals surface area (Å²) in [6.07, 6.45) is 3.41. The van der Waals surface area contributed by atoms with Crippen molar-refractivity contribution in [2.75, 3.05) is 7.05 Å². The van der Waals surface area contributed by atoms with Crippen molar-refractivity contribution in [2.24, 2.45) is 4.74 Å². The molecular formula is C2H5NP+. The monoisotopic (exact) mass is 74.0 g/mol. The molecule has 0 atom stereocenters. The predicted molar refractivity (Wildman–Crippen MR) is 22.4 cm³/mol. The Morgan fingerprint density at radius 3 is 2.25 bits per heavy atom. The van der Waals surface area contributed by atoms with E-state index in [9.17, 15) is 0 Å². The zero-order valence-corrected chi connectivity index (χ0v) is 3.50. The van der Waals surface area contributed by atoms with Crippen molar-refractivity contribution in [3.8, 4) is 0 Å². The second kappa shape index (κ2) is 3.10. The summed E-state index contributed by atoms with van der Waals surface area (Å²) in [6, 6.07) is 0.